The Morgan fingerprint density at radius 3 is 2.74 bits per heavy atom. The molecule has 2 fully saturated rings. The third kappa shape index (κ3) is 3.14. The van der Waals surface area contributed by atoms with E-state index in [1.54, 1.807) is 32.4 Å². The number of fused-ring (bicyclic) bond motifs is 1. The number of likely N-dealkylation sites (tertiary alicyclic amines) is 1. The van der Waals surface area contributed by atoms with E-state index in [-0.39, 0.29) is 18.1 Å². The number of benzene rings is 1. The summed E-state index contributed by atoms with van der Waals surface area (Å²) in [6.45, 7) is 3.12. The maximum Gasteiger partial charge on any atom is 0.254 e. The second kappa shape index (κ2) is 6.76. The van der Waals surface area contributed by atoms with Crippen LogP contribution in [0.2, 0.25) is 0 Å². The molecule has 0 bridgehead atoms. The molecule has 0 aromatic heterocycles. The van der Waals surface area contributed by atoms with Crippen LogP contribution in [-0.2, 0) is 4.74 Å². The lowest BCUT2D eigenvalue weighted by molar-refractivity contribution is -0.0893. The molecule has 23 heavy (non-hydrogen) atoms. The summed E-state index contributed by atoms with van der Waals surface area (Å²) in [5.41, 5.74) is 0.625. The fraction of sp³-hybridized carbons (Fsp3) is 0.588. The Kier molecular flexibility index (Phi) is 4.73. The van der Waals surface area contributed by atoms with E-state index in [9.17, 15) is 4.79 Å². The fourth-order valence-electron chi connectivity index (χ4n) is 3.38. The number of carbonyl (C=O) groups excluding carboxylic acids is 1. The molecule has 2 atom stereocenters. The molecule has 1 amide bonds. The summed E-state index contributed by atoms with van der Waals surface area (Å²) in [4.78, 5) is 17.0. The van der Waals surface area contributed by atoms with Gasteiger partial charge in [-0.2, -0.15) is 0 Å². The summed E-state index contributed by atoms with van der Waals surface area (Å²) in [5.74, 6) is 1.23. The molecule has 0 unspecified atom stereocenters. The van der Waals surface area contributed by atoms with Crippen LogP contribution >= 0.6 is 0 Å². The van der Waals surface area contributed by atoms with Crippen molar-refractivity contribution in [1.82, 2.24) is 9.80 Å². The van der Waals surface area contributed by atoms with Crippen LogP contribution in [0.15, 0.2) is 18.2 Å². The molecule has 2 aliphatic rings. The quantitative estimate of drug-likeness (QED) is 0.839. The molecule has 1 aromatic rings. The number of morpholine rings is 1. The molecular weight excluding hydrogens is 296 g/mol. The fourth-order valence-corrected chi connectivity index (χ4v) is 3.38. The van der Waals surface area contributed by atoms with Gasteiger partial charge < -0.3 is 19.1 Å². The van der Waals surface area contributed by atoms with Crippen LogP contribution in [0.1, 0.15) is 16.8 Å². The van der Waals surface area contributed by atoms with Gasteiger partial charge in [0.25, 0.3) is 5.91 Å². The third-order valence-corrected chi connectivity index (χ3v) is 4.78. The van der Waals surface area contributed by atoms with E-state index < -0.39 is 0 Å². The number of nitrogens with zero attached hydrogens (tertiary/aromatic N) is 2. The van der Waals surface area contributed by atoms with E-state index in [1.807, 2.05) is 4.90 Å². The normalized spacial score (nSPS) is 24.9. The van der Waals surface area contributed by atoms with E-state index in [1.165, 1.54) is 0 Å². The highest BCUT2D eigenvalue weighted by Crippen LogP contribution is 2.29. The Labute approximate surface area is 136 Å². The molecule has 0 saturated carbocycles. The average Bonchev–Trinajstić information content (AvgIpc) is 2.60. The molecule has 0 radical (unpaired) electrons. The van der Waals surface area contributed by atoms with Crippen LogP contribution < -0.4 is 9.47 Å². The summed E-state index contributed by atoms with van der Waals surface area (Å²) in [5, 5.41) is 0. The molecule has 0 N–H and O–H groups in total. The molecule has 3 rings (SSSR count). The van der Waals surface area contributed by atoms with Crippen LogP contribution in [0.25, 0.3) is 0 Å². The number of hydrogen-bond donors (Lipinski definition) is 0. The zero-order valence-electron chi connectivity index (χ0n) is 13.9. The highest BCUT2D eigenvalue weighted by Gasteiger charge is 2.37. The first kappa shape index (κ1) is 16.1. The van der Waals surface area contributed by atoms with Crippen LogP contribution in [0.4, 0.5) is 0 Å². The standard InChI is InChI=1S/C17H24N2O4/c1-18-8-9-23-14-6-7-19(11-13(14)18)17(20)12-4-5-15(21-2)16(10-12)22-3/h4-5,10,13-14H,6-9,11H2,1-3H3/t13-,14+/m0/s1. The Bertz CT molecular complexity index is 578. The molecule has 0 spiro atoms. The Morgan fingerprint density at radius 1 is 1.22 bits per heavy atom. The van der Waals surface area contributed by atoms with Crippen molar-refractivity contribution in [2.24, 2.45) is 0 Å². The summed E-state index contributed by atoms with van der Waals surface area (Å²) < 4.78 is 16.4. The lowest BCUT2D eigenvalue weighted by atomic mass is 9.98. The summed E-state index contributed by atoms with van der Waals surface area (Å²) in [7, 11) is 5.26. The lowest BCUT2D eigenvalue weighted by Gasteiger charge is -2.45. The topological polar surface area (TPSA) is 51.2 Å². The predicted molar refractivity (Wildman–Crippen MR) is 86.2 cm³/mol. The van der Waals surface area contributed by atoms with Crippen molar-refractivity contribution in [3.63, 3.8) is 0 Å². The number of piperidine rings is 1. The highest BCUT2D eigenvalue weighted by atomic mass is 16.5. The van der Waals surface area contributed by atoms with Crippen LogP contribution in [-0.4, -0.2) is 75.4 Å². The Morgan fingerprint density at radius 2 is 2.00 bits per heavy atom. The van der Waals surface area contributed by atoms with Gasteiger partial charge in [-0.25, -0.2) is 0 Å². The van der Waals surface area contributed by atoms with Crippen molar-refractivity contribution in [1.29, 1.82) is 0 Å². The second-order valence-corrected chi connectivity index (χ2v) is 6.07. The molecule has 6 nitrogen and oxygen atoms in total. The number of amides is 1. The van der Waals surface area contributed by atoms with Crippen LogP contribution in [0.3, 0.4) is 0 Å². The smallest absolute Gasteiger partial charge is 0.254 e. The first-order chi connectivity index (χ1) is 11.1. The van der Waals surface area contributed by atoms with Gasteiger partial charge >= 0.3 is 0 Å². The Balaban J connectivity index is 1.75. The Hall–Kier alpha value is -1.79. The van der Waals surface area contributed by atoms with E-state index in [2.05, 4.69) is 11.9 Å². The molecule has 0 aliphatic carbocycles. The molecule has 2 heterocycles. The van der Waals surface area contributed by atoms with Gasteiger partial charge in [-0.15, -0.1) is 0 Å². The minimum absolute atomic E-state index is 0.0309. The first-order valence-electron chi connectivity index (χ1n) is 7.97. The van der Waals surface area contributed by atoms with Crippen LogP contribution in [0, 0.1) is 0 Å². The SMILES string of the molecule is COc1ccc(C(=O)N2CC[C@H]3OCCN(C)[C@H]3C2)cc1OC. The van der Waals surface area contributed by atoms with E-state index in [0.29, 0.717) is 23.6 Å². The van der Waals surface area contributed by atoms with E-state index in [0.717, 1.165) is 26.1 Å². The van der Waals surface area contributed by atoms with Gasteiger partial charge in [-0.05, 0) is 31.7 Å². The maximum absolute atomic E-state index is 12.8. The van der Waals surface area contributed by atoms with Gasteiger partial charge in [-0.1, -0.05) is 0 Å². The molecule has 126 valence electrons. The van der Waals surface area contributed by atoms with Gasteiger partial charge in [0.05, 0.1) is 33.0 Å². The lowest BCUT2D eigenvalue weighted by Crippen LogP contribution is -2.59. The third-order valence-electron chi connectivity index (χ3n) is 4.78. The number of likely N-dealkylation sites (N-methyl/N-ethyl adjacent to an activating group) is 1. The van der Waals surface area contributed by atoms with Crippen molar-refractivity contribution in [3.05, 3.63) is 23.8 Å². The zero-order valence-corrected chi connectivity index (χ0v) is 13.9. The highest BCUT2D eigenvalue weighted by molar-refractivity contribution is 5.95. The van der Waals surface area contributed by atoms with Crippen molar-refractivity contribution >= 4 is 5.91 Å². The van der Waals surface area contributed by atoms with Crippen molar-refractivity contribution in [2.45, 2.75) is 18.6 Å². The number of carbonyl (C=O) groups is 1. The number of ether oxygens (including phenoxy) is 3. The predicted octanol–water partition coefficient (Wildman–Crippen LogP) is 1.25. The van der Waals surface area contributed by atoms with Crippen molar-refractivity contribution < 1.29 is 19.0 Å². The summed E-state index contributed by atoms with van der Waals surface area (Å²) in [6, 6.07) is 5.58. The number of methoxy groups -OCH3 is 2. The summed E-state index contributed by atoms with van der Waals surface area (Å²) >= 11 is 0. The van der Waals surface area contributed by atoms with Crippen LogP contribution in [0.5, 0.6) is 11.5 Å². The first-order valence-corrected chi connectivity index (χ1v) is 7.97. The van der Waals surface area contributed by atoms with Gasteiger partial charge in [0.2, 0.25) is 0 Å². The average molecular weight is 320 g/mol. The number of rotatable bonds is 3. The monoisotopic (exact) mass is 320 g/mol. The zero-order chi connectivity index (χ0) is 16.4. The molecule has 2 saturated heterocycles. The minimum Gasteiger partial charge on any atom is -0.493 e. The van der Waals surface area contributed by atoms with Crippen molar-refractivity contribution in [2.75, 3.05) is 47.5 Å². The molecule has 2 aliphatic heterocycles. The van der Waals surface area contributed by atoms with Crippen molar-refractivity contribution in [3.8, 4) is 11.5 Å². The summed E-state index contributed by atoms with van der Waals surface area (Å²) in [6.07, 6.45) is 1.12. The minimum atomic E-state index is 0.0309. The van der Waals surface area contributed by atoms with Gasteiger partial charge in [0.15, 0.2) is 11.5 Å². The van der Waals surface area contributed by atoms with Gasteiger partial charge in [-0.3, -0.25) is 9.69 Å². The molecular formula is C17H24N2O4. The van der Waals surface area contributed by atoms with Gasteiger partial charge in [0.1, 0.15) is 0 Å². The van der Waals surface area contributed by atoms with E-state index in [4.69, 9.17) is 14.2 Å². The largest absolute Gasteiger partial charge is 0.493 e. The molecule has 6 heteroatoms. The molecule has 1 aromatic carbocycles. The van der Waals surface area contributed by atoms with Gasteiger partial charge in [0, 0.05) is 25.2 Å². The second-order valence-electron chi connectivity index (χ2n) is 6.07. The van der Waals surface area contributed by atoms with E-state index >= 15 is 0 Å². The number of hydrogen-bond acceptors (Lipinski definition) is 5. The maximum atomic E-state index is 12.8.